The van der Waals surface area contributed by atoms with Gasteiger partial charge in [-0.25, -0.2) is 9.97 Å². The molecular weight excluding hydrogens is 354 g/mol. The number of para-hydroxylation sites is 2. The number of piperidine rings is 1. The fraction of sp³-hybridized carbons (Fsp3) is 0.476. The Kier molecular flexibility index (Phi) is 5.60. The molecule has 2 aliphatic rings. The molecule has 0 atom stereocenters. The van der Waals surface area contributed by atoms with Crippen molar-refractivity contribution in [1.82, 2.24) is 14.9 Å². The minimum atomic E-state index is 0.0241. The lowest BCUT2D eigenvalue weighted by Crippen LogP contribution is -2.47. The highest BCUT2D eigenvalue weighted by molar-refractivity contribution is 5.93. The van der Waals surface area contributed by atoms with Gasteiger partial charge in [-0.1, -0.05) is 12.1 Å². The third kappa shape index (κ3) is 3.88. The number of likely N-dealkylation sites (tertiary alicyclic amines) is 1. The number of rotatable bonds is 4. The summed E-state index contributed by atoms with van der Waals surface area (Å²) < 4.78 is 5.49. The van der Waals surface area contributed by atoms with Gasteiger partial charge in [-0.2, -0.15) is 0 Å². The highest BCUT2D eigenvalue weighted by atomic mass is 16.5. The first-order valence-electron chi connectivity index (χ1n) is 10.0. The van der Waals surface area contributed by atoms with Crippen molar-refractivity contribution in [2.24, 2.45) is 0 Å². The van der Waals surface area contributed by atoms with Crippen LogP contribution >= 0.6 is 0 Å². The van der Waals surface area contributed by atoms with Gasteiger partial charge in [0.25, 0.3) is 5.91 Å². The molecule has 0 saturated carbocycles. The van der Waals surface area contributed by atoms with Gasteiger partial charge in [0.05, 0.1) is 12.8 Å². The molecule has 0 aliphatic carbocycles. The number of anilines is 2. The third-order valence-electron chi connectivity index (χ3n) is 5.54. The number of methoxy groups -OCH3 is 1. The summed E-state index contributed by atoms with van der Waals surface area (Å²) in [6, 6.07) is 9.95. The number of carbonyl (C=O) groups is 1. The second kappa shape index (κ2) is 8.46. The van der Waals surface area contributed by atoms with Crippen molar-refractivity contribution in [2.45, 2.75) is 19.3 Å². The first-order valence-corrected chi connectivity index (χ1v) is 10.0. The van der Waals surface area contributed by atoms with E-state index in [1.165, 1.54) is 12.7 Å². The number of carbonyl (C=O) groups excluding carboxylic acids is 1. The predicted molar refractivity (Wildman–Crippen MR) is 109 cm³/mol. The molecule has 1 amide bonds. The highest BCUT2D eigenvalue weighted by Crippen LogP contribution is 2.29. The second-order valence-corrected chi connectivity index (χ2v) is 7.26. The van der Waals surface area contributed by atoms with Gasteiger partial charge in [0.15, 0.2) is 0 Å². The number of piperazine rings is 1. The fourth-order valence-corrected chi connectivity index (χ4v) is 3.96. The molecule has 0 bridgehead atoms. The van der Waals surface area contributed by atoms with Crippen LogP contribution in [0.1, 0.15) is 29.8 Å². The molecule has 2 aromatic rings. The van der Waals surface area contributed by atoms with Gasteiger partial charge in [0.2, 0.25) is 0 Å². The normalized spacial score (nSPS) is 17.5. The van der Waals surface area contributed by atoms with E-state index in [1.54, 1.807) is 7.11 Å². The Hall–Kier alpha value is -2.83. The molecule has 1 aromatic heterocycles. The molecule has 0 radical (unpaired) electrons. The Morgan fingerprint density at radius 3 is 2.39 bits per heavy atom. The van der Waals surface area contributed by atoms with E-state index in [0.717, 1.165) is 69.4 Å². The van der Waals surface area contributed by atoms with Gasteiger partial charge < -0.3 is 19.4 Å². The van der Waals surface area contributed by atoms with Crippen LogP contribution in [-0.2, 0) is 0 Å². The van der Waals surface area contributed by atoms with Crippen LogP contribution in [0.3, 0.4) is 0 Å². The van der Waals surface area contributed by atoms with E-state index >= 15 is 0 Å². The van der Waals surface area contributed by atoms with Crippen LogP contribution in [0.4, 0.5) is 11.5 Å². The summed E-state index contributed by atoms with van der Waals surface area (Å²) in [4.78, 5) is 27.9. The Morgan fingerprint density at radius 2 is 1.64 bits per heavy atom. The van der Waals surface area contributed by atoms with Crippen molar-refractivity contribution in [2.75, 3.05) is 56.2 Å². The molecule has 2 fully saturated rings. The Labute approximate surface area is 165 Å². The van der Waals surface area contributed by atoms with Gasteiger partial charge in [-0.15, -0.1) is 0 Å². The van der Waals surface area contributed by atoms with Crippen LogP contribution in [-0.4, -0.2) is 67.2 Å². The molecule has 3 heterocycles. The van der Waals surface area contributed by atoms with E-state index in [-0.39, 0.29) is 5.91 Å². The number of benzene rings is 1. The maximum atomic E-state index is 12.7. The van der Waals surface area contributed by atoms with Crippen molar-refractivity contribution < 1.29 is 9.53 Å². The van der Waals surface area contributed by atoms with Crippen molar-refractivity contribution in [3.63, 3.8) is 0 Å². The maximum absolute atomic E-state index is 12.7. The Morgan fingerprint density at radius 1 is 0.929 bits per heavy atom. The lowest BCUT2D eigenvalue weighted by Gasteiger charge is -2.37. The van der Waals surface area contributed by atoms with Crippen molar-refractivity contribution >= 4 is 17.4 Å². The summed E-state index contributed by atoms with van der Waals surface area (Å²) in [6.07, 6.45) is 4.87. The SMILES string of the molecule is COc1ccccc1N1CCN(c2cc(C(=O)N3CCCCC3)ncn2)CC1. The Balaban J connectivity index is 1.43. The van der Waals surface area contributed by atoms with E-state index in [0.29, 0.717) is 5.69 Å². The van der Waals surface area contributed by atoms with Gasteiger partial charge >= 0.3 is 0 Å². The van der Waals surface area contributed by atoms with Crippen LogP contribution < -0.4 is 14.5 Å². The number of hydrogen-bond acceptors (Lipinski definition) is 6. The third-order valence-corrected chi connectivity index (χ3v) is 5.54. The summed E-state index contributed by atoms with van der Waals surface area (Å²) in [5.74, 6) is 1.75. The largest absolute Gasteiger partial charge is 0.495 e. The first kappa shape index (κ1) is 18.5. The van der Waals surface area contributed by atoms with Crippen LogP contribution in [0.5, 0.6) is 5.75 Å². The lowest BCUT2D eigenvalue weighted by molar-refractivity contribution is 0.0718. The Bertz CT molecular complexity index is 814. The van der Waals surface area contributed by atoms with Crippen LogP contribution in [0, 0.1) is 0 Å². The monoisotopic (exact) mass is 381 g/mol. The zero-order valence-corrected chi connectivity index (χ0v) is 16.4. The molecule has 7 heteroatoms. The van der Waals surface area contributed by atoms with E-state index in [1.807, 2.05) is 29.2 Å². The smallest absolute Gasteiger partial charge is 0.272 e. The van der Waals surface area contributed by atoms with Gasteiger partial charge in [0.1, 0.15) is 23.6 Å². The number of aromatic nitrogens is 2. The topological polar surface area (TPSA) is 61.8 Å². The molecule has 1 aromatic carbocycles. The number of ether oxygens (including phenoxy) is 1. The molecular formula is C21H27N5O2. The second-order valence-electron chi connectivity index (χ2n) is 7.26. The molecule has 0 spiro atoms. The molecule has 0 N–H and O–H groups in total. The zero-order valence-electron chi connectivity index (χ0n) is 16.4. The number of nitrogens with zero attached hydrogens (tertiary/aromatic N) is 5. The number of hydrogen-bond donors (Lipinski definition) is 0. The average molecular weight is 381 g/mol. The molecule has 28 heavy (non-hydrogen) atoms. The first-order chi connectivity index (χ1) is 13.8. The standard InChI is InChI=1S/C21H27N5O2/c1-28-19-8-4-3-7-18(19)24-11-13-25(14-12-24)20-15-17(22-16-23-20)21(27)26-9-5-2-6-10-26/h3-4,7-8,15-16H,2,5-6,9-14H2,1H3. The summed E-state index contributed by atoms with van der Waals surface area (Å²) in [5.41, 5.74) is 1.62. The predicted octanol–water partition coefficient (Wildman–Crippen LogP) is 2.44. The van der Waals surface area contributed by atoms with Gasteiger partial charge in [-0.3, -0.25) is 4.79 Å². The average Bonchev–Trinajstić information content (AvgIpc) is 2.79. The lowest BCUT2D eigenvalue weighted by atomic mass is 10.1. The zero-order chi connectivity index (χ0) is 19.3. The molecule has 4 rings (SSSR count). The van der Waals surface area contributed by atoms with Crippen LogP contribution in [0.2, 0.25) is 0 Å². The minimum Gasteiger partial charge on any atom is -0.495 e. The van der Waals surface area contributed by atoms with E-state index in [2.05, 4.69) is 25.8 Å². The van der Waals surface area contributed by atoms with Crippen LogP contribution in [0.15, 0.2) is 36.7 Å². The molecule has 148 valence electrons. The summed E-state index contributed by atoms with van der Waals surface area (Å²) in [6.45, 7) is 5.09. The quantitative estimate of drug-likeness (QED) is 0.811. The number of amides is 1. The molecule has 2 aliphatic heterocycles. The van der Waals surface area contributed by atoms with E-state index in [4.69, 9.17) is 4.74 Å². The van der Waals surface area contributed by atoms with Gasteiger partial charge in [0, 0.05) is 45.3 Å². The summed E-state index contributed by atoms with van der Waals surface area (Å²) in [5, 5.41) is 0. The van der Waals surface area contributed by atoms with Crippen molar-refractivity contribution in [3.05, 3.63) is 42.4 Å². The van der Waals surface area contributed by atoms with Crippen molar-refractivity contribution in [3.8, 4) is 5.75 Å². The fourth-order valence-electron chi connectivity index (χ4n) is 3.96. The highest BCUT2D eigenvalue weighted by Gasteiger charge is 2.23. The minimum absolute atomic E-state index is 0.0241. The van der Waals surface area contributed by atoms with Gasteiger partial charge in [-0.05, 0) is 31.4 Å². The summed E-state index contributed by atoms with van der Waals surface area (Å²) >= 11 is 0. The summed E-state index contributed by atoms with van der Waals surface area (Å²) in [7, 11) is 1.71. The molecule has 0 unspecified atom stereocenters. The van der Waals surface area contributed by atoms with E-state index < -0.39 is 0 Å². The van der Waals surface area contributed by atoms with E-state index in [9.17, 15) is 4.79 Å². The molecule has 2 saturated heterocycles. The maximum Gasteiger partial charge on any atom is 0.272 e. The van der Waals surface area contributed by atoms with Crippen LogP contribution in [0.25, 0.3) is 0 Å². The van der Waals surface area contributed by atoms with Crippen molar-refractivity contribution in [1.29, 1.82) is 0 Å². The molecule has 7 nitrogen and oxygen atoms in total.